The molecule has 2 aromatic rings. The molecule has 0 saturated heterocycles. The van der Waals surface area contributed by atoms with Gasteiger partial charge in [0.05, 0.1) is 6.04 Å². The van der Waals surface area contributed by atoms with Crippen molar-refractivity contribution in [1.82, 2.24) is 0 Å². The molecule has 0 heterocycles. The molecular formula is C16H18BrN. The third-order valence-electron chi connectivity index (χ3n) is 3.31. The van der Waals surface area contributed by atoms with Crippen molar-refractivity contribution < 1.29 is 0 Å². The molecule has 1 atom stereocenters. The van der Waals surface area contributed by atoms with E-state index in [1.165, 1.54) is 16.7 Å². The maximum atomic E-state index is 6.35. The molecule has 2 heteroatoms. The number of rotatable bonds is 2. The summed E-state index contributed by atoms with van der Waals surface area (Å²) < 4.78 is 1.08. The molecule has 2 rings (SSSR count). The van der Waals surface area contributed by atoms with Crippen LogP contribution >= 0.6 is 15.9 Å². The minimum Gasteiger partial charge on any atom is -0.320 e. The summed E-state index contributed by atoms with van der Waals surface area (Å²) in [6.07, 6.45) is 0. The van der Waals surface area contributed by atoms with Crippen molar-refractivity contribution in [2.75, 3.05) is 0 Å². The Hall–Kier alpha value is -1.12. The van der Waals surface area contributed by atoms with Crippen LogP contribution in [0.4, 0.5) is 0 Å². The van der Waals surface area contributed by atoms with E-state index < -0.39 is 0 Å². The van der Waals surface area contributed by atoms with Crippen LogP contribution in [-0.4, -0.2) is 0 Å². The van der Waals surface area contributed by atoms with Crippen LogP contribution in [0.3, 0.4) is 0 Å². The fourth-order valence-electron chi connectivity index (χ4n) is 2.09. The van der Waals surface area contributed by atoms with Crippen molar-refractivity contribution in [2.24, 2.45) is 5.73 Å². The zero-order chi connectivity index (χ0) is 13.3. The largest absolute Gasteiger partial charge is 0.320 e. The van der Waals surface area contributed by atoms with Crippen molar-refractivity contribution in [2.45, 2.75) is 26.8 Å². The van der Waals surface area contributed by atoms with Crippen LogP contribution in [0.25, 0.3) is 0 Å². The third kappa shape index (κ3) is 2.82. The Morgan fingerprint density at radius 2 is 1.61 bits per heavy atom. The maximum absolute atomic E-state index is 6.35. The number of hydrogen-bond acceptors (Lipinski definition) is 1. The zero-order valence-electron chi connectivity index (χ0n) is 11.0. The van der Waals surface area contributed by atoms with Crippen LogP contribution in [0.1, 0.15) is 33.9 Å². The van der Waals surface area contributed by atoms with Gasteiger partial charge in [-0.05, 0) is 60.7 Å². The first-order valence-electron chi connectivity index (χ1n) is 6.07. The highest BCUT2D eigenvalue weighted by Gasteiger charge is 2.10. The summed E-state index contributed by atoms with van der Waals surface area (Å²) >= 11 is 3.52. The SMILES string of the molecule is Cc1cc(Br)cc(C(N)c2ccc(C)c(C)c2)c1. The van der Waals surface area contributed by atoms with E-state index in [1.54, 1.807) is 0 Å². The molecule has 0 radical (unpaired) electrons. The van der Waals surface area contributed by atoms with Crippen molar-refractivity contribution >= 4 is 15.9 Å². The molecule has 2 N–H and O–H groups in total. The first kappa shape index (κ1) is 13.3. The van der Waals surface area contributed by atoms with Gasteiger partial charge >= 0.3 is 0 Å². The van der Waals surface area contributed by atoms with E-state index in [2.05, 4.69) is 73.1 Å². The monoisotopic (exact) mass is 303 g/mol. The summed E-state index contributed by atoms with van der Waals surface area (Å²) in [6, 6.07) is 12.7. The Morgan fingerprint density at radius 3 is 2.22 bits per heavy atom. The van der Waals surface area contributed by atoms with Gasteiger partial charge in [-0.1, -0.05) is 40.2 Å². The van der Waals surface area contributed by atoms with Crippen molar-refractivity contribution in [3.8, 4) is 0 Å². The topological polar surface area (TPSA) is 26.0 Å². The van der Waals surface area contributed by atoms with E-state index in [-0.39, 0.29) is 6.04 Å². The average Bonchev–Trinajstić information content (AvgIpc) is 2.30. The highest BCUT2D eigenvalue weighted by molar-refractivity contribution is 9.10. The second-order valence-corrected chi connectivity index (χ2v) is 5.80. The first-order chi connectivity index (χ1) is 8.47. The summed E-state index contributed by atoms with van der Waals surface area (Å²) in [4.78, 5) is 0. The molecule has 1 nitrogen and oxygen atoms in total. The van der Waals surface area contributed by atoms with Crippen LogP contribution in [0.15, 0.2) is 40.9 Å². The lowest BCUT2D eigenvalue weighted by Gasteiger charge is -2.15. The van der Waals surface area contributed by atoms with Gasteiger partial charge in [0.25, 0.3) is 0 Å². The van der Waals surface area contributed by atoms with Gasteiger partial charge in [-0.3, -0.25) is 0 Å². The highest BCUT2D eigenvalue weighted by Crippen LogP contribution is 2.25. The molecule has 1 unspecified atom stereocenters. The normalized spacial score (nSPS) is 12.5. The van der Waals surface area contributed by atoms with Crippen molar-refractivity contribution in [3.63, 3.8) is 0 Å². The van der Waals surface area contributed by atoms with Crippen LogP contribution in [-0.2, 0) is 0 Å². The number of halogens is 1. The summed E-state index contributed by atoms with van der Waals surface area (Å²) in [6.45, 7) is 6.33. The number of hydrogen-bond donors (Lipinski definition) is 1. The molecule has 0 aliphatic carbocycles. The molecule has 0 aliphatic rings. The third-order valence-corrected chi connectivity index (χ3v) is 3.77. The lowest BCUT2D eigenvalue weighted by Crippen LogP contribution is -2.12. The van der Waals surface area contributed by atoms with Gasteiger partial charge in [0.2, 0.25) is 0 Å². The average molecular weight is 304 g/mol. The van der Waals surface area contributed by atoms with E-state index >= 15 is 0 Å². The first-order valence-corrected chi connectivity index (χ1v) is 6.86. The van der Waals surface area contributed by atoms with Crippen molar-refractivity contribution in [1.29, 1.82) is 0 Å². The Bertz CT molecular complexity index is 555. The van der Waals surface area contributed by atoms with E-state index in [9.17, 15) is 0 Å². The van der Waals surface area contributed by atoms with E-state index in [4.69, 9.17) is 5.73 Å². The predicted octanol–water partition coefficient (Wildman–Crippen LogP) is 4.42. The number of aryl methyl sites for hydroxylation is 3. The molecule has 0 fully saturated rings. The van der Waals surface area contributed by atoms with Crippen LogP contribution in [0.2, 0.25) is 0 Å². The van der Waals surface area contributed by atoms with Crippen LogP contribution < -0.4 is 5.73 Å². The molecule has 0 saturated carbocycles. The fourth-order valence-corrected chi connectivity index (χ4v) is 2.72. The minimum absolute atomic E-state index is 0.0690. The maximum Gasteiger partial charge on any atom is 0.0552 e. The zero-order valence-corrected chi connectivity index (χ0v) is 12.6. The van der Waals surface area contributed by atoms with Crippen LogP contribution in [0.5, 0.6) is 0 Å². The quantitative estimate of drug-likeness (QED) is 0.873. The second kappa shape index (κ2) is 5.25. The summed E-state index contributed by atoms with van der Waals surface area (Å²) in [7, 11) is 0. The van der Waals surface area contributed by atoms with Gasteiger partial charge in [-0.15, -0.1) is 0 Å². The molecule has 2 aromatic carbocycles. The molecule has 0 spiro atoms. The summed E-state index contributed by atoms with van der Waals surface area (Å²) in [5, 5.41) is 0. The molecule has 18 heavy (non-hydrogen) atoms. The Morgan fingerprint density at radius 1 is 0.889 bits per heavy atom. The number of benzene rings is 2. The minimum atomic E-state index is -0.0690. The van der Waals surface area contributed by atoms with Crippen molar-refractivity contribution in [3.05, 3.63) is 68.7 Å². The van der Waals surface area contributed by atoms with E-state index in [0.29, 0.717) is 0 Å². The molecule has 0 amide bonds. The Labute approximate surface area is 117 Å². The predicted molar refractivity (Wildman–Crippen MR) is 80.8 cm³/mol. The lowest BCUT2D eigenvalue weighted by atomic mass is 9.95. The van der Waals surface area contributed by atoms with E-state index in [1.807, 2.05) is 0 Å². The van der Waals surface area contributed by atoms with Gasteiger partial charge in [-0.25, -0.2) is 0 Å². The molecular weight excluding hydrogens is 286 g/mol. The second-order valence-electron chi connectivity index (χ2n) is 4.88. The van der Waals surface area contributed by atoms with Crippen LogP contribution in [0, 0.1) is 20.8 Å². The van der Waals surface area contributed by atoms with Gasteiger partial charge in [0.1, 0.15) is 0 Å². The molecule has 0 aliphatic heterocycles. The standard InChI is InChI=1S/C16H18BrN/c1-10-6-14(9-15(17)7-10)16(18)13-5-4-11(2)12(3)8-13/h4-9,16H,18H2,1-3H3. The van der Waals surface area contributed by atoms with Gasteiger partial charge < -0.3 is 5.73 Å². The Balaban J connectivity index is 2.40. The fraction of sp³-hybridized carbons (Fsp3) is 0.250. The lowest BCUT2D eigenvalue weighted by molar-refractivity contribution is 0.866. The van der Waals surface area contributed by atoms with Gasteiger partial charge in [0.15, 0.2) is 0 Å². The number of nitrogens with two attached hydrogens (primary N) is 1. The highest BCUT2D eigenvalue weighted by atomic mass is 79.9. The molecule has 0 bridgehead atoms. The van der Waals surface area contributed by atoms with E-state index in [0.717, 1.165) is 15.6 Å². The smallest absolute Gasteiger partial charge is 0.0552 e. The molecule has 0 aromatic heterocycles. The van der Waals surface area contributed by atoms with Gasteiger partial charge in [0, 0.05) is 4.47 Å². The Kier molecular flexibility index (Phi) is 3.88. The summed E-state index contributed by atoms with van der Waals surface area (Å²) in [5.74, 6) is 0. The summed E-state index contributed by atoms with van der Waals surface area (Å²) in [5.41, 5.74) is 12.5. The molecule has 94 valence electrons. The van der Waals surface area contributed by atoms with Gasteiger partial charge in [-0.2, -0.15) is 0 Å².